The summed E-state index contributed by atoms with van der Waals surface area (Å²) in [7, 11) is 0. The maximum atomic E-state index is 12.3. The fourth-order valence-corrected chi connectivity index (χ4v) is 2.52. The lowest BCUT2D eigenvalue weighted by atomic mass is 10.1. The molecule has 0 aliphatic carbocycles. The van der Waals surface area contributed by atoms with Crippen molar-refractivity contribution in [3.8, 4) is 0 Å². The predicted molar refractivity (Wildman–Crippen MR) is 65.5 cm³/mol. The van der Waals surface area contributed by atoms with Crippen molar-refractivity contribution in [1.82, 2.24) is 14.6 Å². The Morgan fingerprint density at radius 3 is 3.00 bits per heavy atom. The number of nitrogens with zero attached hydrogens (tertiary/aromatic N) is 3. The first kappa shape index (κ1) is 10.2. The van der Waals surface area contributed by atoms with Gasteiger partial charge in [-0.15, -0.1) is 11.3 Å². The Morgan fingerprint density at radius 2 is 2.24 bits per heavy atom. The molecule has 0 atom stereocenters. The van der Waals surface area contributed by atoms with Crippen LogP contribution in [0.4, 0.5) is 0 Å². The van der Waals surface area contributed by atoms with Crippen LogP contribution >= 0.6 is 11.3 Å². The van der Waals surface area contributed by atoms with Crippen molar-refractivity contribution in [3.63, 3.8) is 0 Å². The monoisotopic (exact) mass is 243 g/mol. The van der Waals surface area contributed by atoms with Crippen LogP contribution in [0.1, 0.15) is 20.1 Å². The maximum Gasteiger partial charge on any atom is 0.206 e. The molecule has 3 heterocycles. The van der Waals surface area contributed by atoms with Crippen LogP contribution in [-0.2, 0) is 0 Å². The van der Waals surface area contributed by atoms with Crippen molar-refractivity contribution in [3.05, 3.63) is 52.2 Å². The van der Waals surface area contributed by atoms with E-state index in [-0.39, 0.29) is 5.78 Å². The lowest BCUT2D eigenvalue weighted by Crippen LogP contribution is -1.98. The van der Waals surface area contributed by atoms with Crippen LogP contribution < -0.4 is 0 Å². The van der Waals surface area contributed by atoms with Gasteiger partial charge in [-0.1, -0.05) is 0 Å². The second-order valence-corrected chi connectivity index (χ2v) is 4.99. The molecule has 3 aromatic rings. The van der Waals surface area contributed by atoms with Gasteiger partial charge in [-0.2, -0.15) is 5.10 Å². The molecule has 0 radical (unpaired) electrons. The van der Waals surface area contributed by atoms with Crippen LogP contribution in [-0.4, -0.2) is 20.4 Å². The highest BCUT2D eigenvalue weighted by molar-refractivity contribution is 7.14. The molecule has 0 amide bonds. The minimum atomic E-state index is 0.00565. The minimum absolute atomic E-state index is 0.00565. The van der Waals surface area contributed by atoms with Crippen molar-refractivity contribution in [2.24, 2.45) is 0 Å². The summed E-state index contributed by atoms with van der Waals surface area (Å²) < 4.78 is 1.65. The SMILES string of the molecule is Cc1ccc(C(=O)c2cnn3ccncc23)s1. The number of aryl methyl sites for hydroxylation is 1. The molecule has 0 N–H and O–H groups in total. The Bertz CT molecular complexity index is 698. The summed E-state index contributed by atoms with van der Waals surface area (Å²) in [5.74, 6) is 0.00565. The molecule has 0 aliphatic rings. The van der Waals surface area contributed by atoms with Crippen molar-refractivity contribution < 1.29 is 4.79 Å². The van der Waals surface area contributed by atoms with Crippen molar-refractivity contribution in [2.45, 2.75) is 6.92 Å². The van der Waals surface area contributed by atoms with Gasteiger partial charge >= 0.3 is 0 Å². The minimum Gasteiger partial charge on any atom is -0.288 e. The lowest BCUT2D eigenvalue weighted by molar-refractivity contribution is 0.104. The zero-order valence-electron chi connectivity index (χ0n) is 9.12. The number of rotatable bonds is 2. The van der Waals surface area contributed by atoms with Crippen LogP contribution in [0.5, 0.6) is 0 Å². The van der Waals surface area contributed by atoms with Crippen LogP contribution in [0, 0.1) is 6.92 Å². The highest BCUT2D eigenvalue weighted by Gasteiger charge is 2.16. The number of thiophene rings is 1. The molecule has 5 heteroatoms. The number of aromatic nitrogens is 3. The summed E-state index contributed by atoms with van der Waals surface area (Å²) in [6, 6.07) is 3.80. The van der Waals surface area contributed by atoms with E-state index < -0.39 is 0 Å². The van der Waals surface area contributed by atoms with E-state index in [9.17, 15) is 4.79 Å². The van der Waals surface area contributed by atoms with Crippen LogP contribution in [0.25, 0.3) is 5.52 Å². The van der Waals surface area contributed by atoms with Crippen LogP contribution in [0.2, 0.25) is 0 Å². The van der Waals surface area contributed by atoms with E-state index in [1.807, 2.05) is 19.1 Å². The Labute approximate surface area is 102 Å². The fraction of sp³-hybridized carbons (Fsp3) is 0.0833. The normalized spacial score (nSPS) is 10.9. The average Bonchev–Trinajstić information content (AvgIpc) is 2.94. The number of ketones is 1. The summed E-state index contributed by atoms with van der Waals surface area (Å²) in [5.41, 5.74) is 1.34. The average molecular weight is 243 g/mol. The van der Waals surface area contributed by atoms with Crippen molar-refractivity contribution in [2.75, 3.05) is 0 Å². The first-order chi connectivity index (χ1) is 8.25. The maximum absolute atomic E-state index is 12.3. The Balaban J connectivity index is 2.13. The molecule has 0 aliphatic heterocycles. The van der Waals surface area contributed by atoms with Gasteiger partial charge in [0.15, 0.2) is 0 Å². The topological polar surface area (TPSA) is 47.3 Å². The molecule has 3 aromatic heterocycles. The van der Waals surface area contributed by atoms with Gasteiger partial charge in [-0.3, -0.25) is 9.78 Å². The van der Waals surface area contributed by atoms with Gasteiger partial charge in [0.2, 0.25) is 5.78 Å². The molecular formula is C12H9N3OS. The quantitative estimate of drug-likeness (QED) is 0.649. The first-order valence-corrected chi connectivity index (χ1v) is 5.96. The third-order valence-corrected chi connectivity index (χ3v) is 3.53. The van der Waals surface area contributed by atoms with E-state index in [4.69, 9.17) is 0 Å². The zero-order valence-corrected chi connectivity index (χ0v) is 9.94. The zero-order chi connectivity index (χ0) is 11.8. The Hall–Kier alpha value is -2.01. The summed E-state index contributed by atoms with van der Waals surface area (Å²) in [6.07, 6.45) is 6.62. The summed E-state index contributed by atoms with van der Waals surface area (Å²) >= 11 is 1.50. The van der Waals surface area contributed by atoms with Gasteiger partial charge in [-0.05, 0) is 19.1 Å². The van der Waals surface area contributed by atoms with Gasteiger partial charge in [-0.25, -0.2) is 4.52 Å². The summed E-state index contributed by atoms with van der Waals surface area (Å²) in [6.45, 7) is 1.99. The largest absolute Gasteiger partial charge is 0.288 e. The smallest absolute Gasteiger partial charge is 0.206 e. The highest BCUT2D eigenvalue weighted by atomic mass is 32.1. The van der Waals surface area contributed by atoms with Gasteiger partial charge in [0.1, 0.15) is 0 Å². The molecular weight excluding hydrogens is 234 g/mol. The van der Waals surface area contributed by atoms with Crippen molar-refractivity contribution in [1.29, 1.82) is 0 Å². The fourth-order valence-electron chi connectivity index (χ4n) is 1.70. The number of fused-ring (bicyclic) bond motifs is 1. The molecule has 84 valence electrons. The number of hydrogen-bond acceptors (Lipinski definition) is 4. The first-order valence-electron chi connectivity index (χ1n) is 5.14. The standard InChI is InChI=1S/C12H9N3OS/c1-8-2-3-11(17-8)12(16)9-6-14-15-5-4-13-7-10(9)15/h2-7H,1H3. The van der Waals surface area contributed by atoms with Gasteiger partial charge in [0.25, 0.3) is 0 Å². The van der Waals surface area contributed by atoms with Crippen molar-refractivity contribution >= 4 is 22.6 Å². The lowest BCUT2D eigenvalue weighted by Gasteiger charge is -1.95. The molecule has 0 bridgehead atoms. The molecule has 0 saturated heterocycles. The van der Waals surface area contributed by atoms with E-state index >= 15 is 0 Å². The van der Waals surface area contributed by atoms with E-state index in [1.54, 1.807) is 29.3 Å². The van der Waals surface area contributed by atoms with E-state index in [0.717, 1.165) is 15.3 Å². The summed E-state index contributed by atoms with van der Waals surface area (Å²) in [4.78, 5) is 18.1. The third-order valence-electron chi connectivity index (χ3n) is 2.53. The Morgan fingerprint density at radius 1 is 1.35 bits per heavy atom. The second kappa shape index (κ2) is 3.78. The number of carbonyl (C=O) groups is 1. The molecule has 0 fully saturated rings. The molecule has 4 nitrogen and oxygen atoms in total. The van der Waals surface area contributed by atoms with Crippen LogP contribution in [0.3, 0.4) is 0 Å². The number of hydrogen-bond donors (Lipinski definition) is 0. The van der Waals surface area contributed by atoms with E-state index in [1.165, 1.54) is 11.3 Å². The second-order valence-electron chi connectivity index (χ2n) is 3.70. The molecule has 17 heavy (non-hydrogen) atoms. The Kier molecular flexibility index (Phi) is 2.26. The molecule has 0 aromatic carbocycles. The van der Waals surface area contributed by atoms with E-state index in [0.29, 0.717) is 5.56 Å². The molecule has 0 saturated carbocycles. The van der Waals surface area contributed by atoms with E-state index in [2.05, 4.69) is 10.1 Å². The molecule has 3 rings (SSSR count). The predicted octanol–water partition coefficient (Wildman–Crippen LogP) is 2.33. The molecule has 0 spiro atoms. The van der Waals surface area contributed by atoms with Gasteiger partial charge in [0.05, 0.1) is 28.4 Å². The third kappa shape index (κ3) is 1.64. The van der Waals surface area contributed by atoms with Crippen LogP contribution in [0.15, 0.2) is 36.9 Å². The highest BCUT2D eigenvalue weighted by Crippen LogP contribution is 2.21. The van der Waals surface area contributed by atoms with Gasteiger partial charge in [0, 0.05) is 17.3 Å². The number of carbonyl (C=O) groups excluding carboxylic acids is 1. The molecule has 0 unspecified atom stereocenters. The van der Waals surface area contributed by atoms with Gasteiger partial charge < -0.3 is 0 Å². The summed E-state index contributed by atoms with van der Waals surface area (Å²) in [5, 5.41) is 4.13.